The van der Waals surface area contributed by atoms with Crippen LogP contribution in [-0.2, 0) is 4.79 Å². The molecule has 0 atom stereocenters. The second kappa shape index (κ2) is 8.03. The van der Waals surface area contributed by atoms with Gasteiger partial charge in [-0.05, 0) is 61.7 Å². The molecule has 6 heteroatoms. The molecule has 2 aromatic rings. The highest BCUT2D eigenvalue weighted by Gasteiger charge is 2.29. The molecule has 0 aromatic heterocycles. The van der Waals surface area contributed by atoms with E-state index < -0.39 is 0 Å². The Hall–Kier alpha value is -3.15. The Bertz CT molecular complexity index is 868. The molecule has 0 bridgehead atoms. The Morgan fingerprint density at radius 3 is 2.37 bits per heavy atom. The fourth-order valence-corrected chi connectivity index (χ4v) is 2.59. The molecule has 0 spiro atoms. The molecular formula is C21H24N4O2. The summed E-state index contributed by atoms with van der Waals surface area (Å²) >= 11 is 0. The Labute approximate surface area is 159 Å². The Morgan fingerprint density at radius 2 is 1.74 bits per heavy atom. The zero-order valence-electron chi connectivity index (χ0n) is 15.8. The predicted octanol–water partition coefficient (Wildman–Crippen LogP) is 3.26. The van der Waals surface area contributed by atoms with Gasteiger partial charge in [-0.2, -0.15) is 5.10 Å². The van der Waals surface area contributed by atoms with Gasteiger partial charge < -0.3 is 10.2 Å². The van der Waals surface area contributed by atoms with Crippen LogP contribution >= 0.6 is 0 Å². The second-order valence-electron chi connectivity index (χ2n) is 6.92. The van der Waals surface area contributed by atoms with Gasteiger partial charge in [-0.1, -0.05) is 12.1 Å². The van der Waals surface area contributed by atoms with Crippen molar-refractivity contribution in [3.05, 3.63) is 59.7 Å². The van der Waals surface area contributed by atoms with Crippen LogP contribution in [-0.4, -0.2) is 31.6 Å². The zero-order chi connectivity index (χ0) is 19.4. The predicted molar refractivity (Wildman–Crippen MR) is 108 cm³/mol. The van der Waals surface area contributed by atoms with E-state index in [9.17, 15) is 9.59 Å². The molecule has 1 aliphatic rings. The van der Waals surface area contributed by atoms with Crippen LogP contribution in [0.3, 0.4) is 0 Å². The molecule has 6 nitrogen and oxygen atoms in total. The first-order valence-electron chi connectivity index (χ1n) is 8.97. The number of anilines is 2. The molecule has 0 radical (unpaired) electrons. The van der Waals surface area contributed by atoms with Crippen molar-refractivity contribution in [3.63, 3.8) is 0 Å². The van der Waals surface area contributed by atoms with E-state index >= 15 is 0 Å². The molecule has 3 rings (SSSR count). The highest BCUT2D eigenvalue weighted by molar-refractivity contribution is 6.02. The molecular weight excluding hydrogens is 340 g/mol. The number of hydrogen-bond acceptors (Lipinski definition) is 4. The van der Waals surface area contributed by atoms with E-state index in [1.165, 1.54) is 0 Å². The van der Waals surface area contributed by atoms with Crippen molar-refractivity contribution in [2.75, 3.05) is 24.3 Å². The molecule has 0 aliphatic heterocycles. The van der Waals surface area contributed by atoms with E-state index in [2.05, 4.69) is 15.8 Å². The second-order valence-corrected chi connectivity index (χ2v) is 6.92. The van der Waals surface area contributed by atoms with E-state index in [1.54, 1.807) is 12.1 Å². The third-order valence-electron chi connectivity index (χ3n) is 4.47. The number of benzene rings is 2. The van der Waals surface area contributed by atoms with Gasteiger partial charge in [-0.15, -0.1) is 0 Å². The largest absolute Gasteiger partial charge is 0.378 e. The van der Waals surface area contributed by atoms with Crippen molar-refractivity contribution in [1.29, 1.82) is 0 Å². The molecule has 1 aliphatic carbocycles. The Kier molecular flexibility index (Phi) is 5.54. The highest BCUT2D eigenvalue weighted by atomic mass is 16.2. The minimum atomic E-state index is -0.266. The lowest BCUT2D eigenvalue weighted by molar-refractivity contribution is -0.117. The topological polar surface area (TPSA) is 73.8 Å². The molecule has 2 N–H and O–H groups in total. The first kappa shape index (κ1) is 18.6. The van der Waals surface area contributed by atoms with Crippen molar-refractivity contribution in [2.24, 2.45) is 11.0 Å². The lowest BCUT2D eigenvalue weighted by Crippen LogP contribution is -2.19. The number of amides is 2. The van der Waals surface area contributed by atoms with Crippen LogP contribution in [0, 0.1) is 5.92 Å². The first-order chi connectivity index (χ1) is 12.9. The molecule has 140 valence electrons. The maximum absolute atomic E-state index is 12.3. The summed E-state index contributed by atoms with van der Waals surface area (Å²) in [6.07, 6.45) is 1.93. The van der Waals surface area contributed by atoms with Gasteiger partial charge in [0.25, 0.3) is 5.91 Å². The summed E-state index contributed by atoms with van der Waals surface area (Å²) in [5, 5.41) is 7.11. The van der Waals surface area contributed by atoms with Crippen molar-refractivity contribution in [2.45, 2.75) is 19.8 Å². The minimum absolute atomic E-state index is 0.0659. The molecule has 0 heterocycles. The number of rotatable bonds is 6. The van der Waals surface area contributed by atoms with E-state index in [0.717, 1.165) is 29.8 Å². The molecule has 27 heavy (non-hydrogen) atoms. The van der Waals surface area contributed by atoms with Crippen LogP contribution in [0.15, 0.2) is 53.6 Å². The van der Waals surface area contributed by atoms with E-state index in [4.69, 9.17) is 0 Å². The third-order valence-corrected chi connectivity index (χ3v) is 4.47. The van der Waals surface area contributed by atoms with Gasteiger partial charge in [0.2, 0.25) is 5.91 Å². The van der Waals surface area contributed by atoms with Crippen LogP contribution in [0.25, 0.3) is 0 Å². The van der Waals surface area contributed by atoms with E-state index in [-0.39, 0.29) is 17.7 Å². The number of carbonyl (C=O) groups excluding carboxylic acids is 2. The van der Waals surface area contributed by atoms with Crippen LogP contribution in [0.2, 0.25) is 0 Å². The molecule has 2 aromatic carbocycles. The minimum Gasteiger partial charge on any atom is -0.378 e. The lowest BCUT2D eigenvalue weighted by atomic mass is 10.1. The average molecular weight is 364 g/mol. The van der Waals surface area contributed by atoms with Crippen LogP contribution in [0.4, 0.5) is 11.4 Å². The first-order valence-corrected chi connectivity index (χ1v) is 8.97. The van der Waals surface area contributed by atoms with Gasteiger partial charge in [0.05, 0.1) is 5.71 Å². The average Bonchev–Trinajstić information content (AvgIpc) is 3.51. The lowest BCUT2D eigenvalue weighted by Gasteiger charge is -2.12. The van der Waals surface area contributed by atoms with Gasteiger partial charge in [0, 0.05) is 37.0 Å². The maximum atomic E-state index is 12.3. The van der Waals surface area contributed by atoms with Crippen LogP contribution in [0.5, 0.6) is 0 Å². The number of nitrogens with zero attached hydrogens (tertiary/aromatic N) is 2. The monoisotopic (exact) mass is 364 g/mol. The summed E-state index contributed by atoms with van der Waals surface area (Å²) in [5.41, 5.74) is 6.39. The zero-order valence-corrected chi connectivity index (χ0v) is 15.8. The summed E-state index contributed by atoms with van der Waals surface area (Å²) in [6, 6.07) is 14.8. The Morgan fingerprint density at radius 1 is 1.04 bits per heavy atom. The summed E-state index contributed by atoms with van der Waals surface area (Å²) in [4.78, 5) is 26.1. The van der Waals surface area contributed by atoms with Gasteiger partial charge in [0.1, 0.15) is 0 Å². The molecule has 0 saturated heterocycles. The van der Waals surface area contributed by atoms with Crippen LogP contribution in [0.1, 0.15) is 35.7 Å². The summed E-state index contributed by atoms with van der Waals surface area (Å²) in [6.45, 7) is 1.82. The van der Waals surface area contributed by atoms with Crippen LogP contribution < -0.4 is 15.6 Å². The highest BCUT2D eigenvalue weighted by Crippen LogP contribution is 2.30. The molecule has 1 saturated carbocycles. The van der Waals surface area contributed by atoms with Crippen molar-refractivity contribution in [1.82, 2.24) is 5.43 Å². The van der Waals surface area contributed by atoms with Crippen molar-refractivity contribution >= 4 is 28.9 Å². The number of hydrogen-bond donors (Lipinski definition) is 2. The number of nitrogens with one attached hydrogen (secondary N) is 2. The van der Waals surface area contributed by atoms with Gasteiger partial charge in [0.15, 0.2) is 0 Å². The number of hydrazone groups is 1. The fraction of sp³-hybridized carbons (Fsp3) is 0.286. The summed E-state index contributed by atoms with van der Waals surface area (Å²) in [7, 11) is 3.90. The molecule has 1 fully saturated rings. The van der Waals surface area contributed by atoms with E-state index in [0.29, 0.717) is 11.3 Å². The SMILES string of the molecule is C/C(=N\NC(=O)c1ccc(N(C)C)cc1)c1cccc(NC(=O)C2CC2)c1. The third kappa shape index (κ3) is 4.94. The maximum Gasteiger partial charge on any atom is 0.271 e. The van der Waals surface area contributed by atoms with Gasteiger partial charge in [-0.25, -0.2) is 5.43 Å². The molecule has 0 unspecified atom stereocenters. The van der Waals surface area contributed by atoms with Gasteiger partial charge >= 0.3 is 0 Å². The summed E-state index contributed by atoms with van der Waals surface area (Å²) in [5.74, 6) is -0.0457. The van der Waals surface area contributed by atoms with Gasteiger partial charge in [-0.3, -0.25) is 9.59 Å². The van der Waals surface area contributed by atoms with Crippen molar-refractivity contribution < 1.29 is 9.59 Å². The number of carbonyl (C=O) groups is 2. The quantitative estimate of drug-likeness (QED) is 0.610. The Balaban J connectivity index is 1.64. The van der Waals surface area contributed by atoms with Crippen molar-refractivity contribution in [3.8, 4) is 0 Å². The fourth-order valence-electron chi connectivity index (χ4n) is 2.59. The normalized spacial score (nSPS) is 13.8. The standard InChI is InChI=1S/C21H24N4O2/c1-14(17-5-4-6-18(13-17)22-20(26)15-7-8-15)23-24-21(27)16-9-11-19(12-10-16)25(2)3/h4-6,9-13,15H,7-8H2,1-3H3,(H,22,26)(H,24,27)/b23-14+. The smallest absolute Gasteiger partial charge is 0.271 e. The summed E-state index contributed by atoms with van der Waals surface area (Å²) < 4.78 is 0. The van der Waals surface area contributed by atoms with E-state index in [1.807, 2.05) is 62.3 Å². The molecule has 2 amide bonds.